The van der Waals surface area contributed by atoms with Gasteiger partial charge in [0.25, 0.3) is 0 Å². The lowest BCUT2D eigenvalue weighted by Gasteiger charge is -2.20. The molecule has 0 aliphatic rings. The second kappa shape index (κ2) is 4.88. The van der Waals surface area contributed by atoms with Crippen molar-refractivity contribution < 1.29 is 22.3 Å². The molecule has 0 saturated carbocycles. The number of alkyl halides is 3. The molecule has 0 aliphatic carbocycles. The fourth-order valence-corrected chi connectivity index (χ4v) is 1.08. The molecular weight excluding hydrogens is 250 g/mol. The Morgan fingerprint density at radius 1 is 1.38 bits per heavy atom. The maximum atomic E-state index is 12.9. The summed E-state index contributed by atoms with van der Waals surface area (Å²) in [6, 6.07) is 3.02. The van der Waals surface area contributed by atoms with Crippen LogP contribution in [-0.2, 0) is 0 Å². The summed E-state index contributed by atoms with van der Waals surface area (Å²) in [5.74, 6) is -1.12. The number of hydrogen-bond acceptors (Lipinski definition) is 2. The molecule has 90 valence electrons. The smallest absolute Gasteiger partial charge is 0.426 e. The molecule has 7 heteroatoms. The highest BCUT2D eigenvalue weighted by Crippen LogP contribution is 2.26. The fourth-order valence-electron chi connectivity index (χ4n) is 0.963. The Balaban J connectivity index is 2.83. The summed E-state index contributed by atoms with van der Waals surface area (Å²) in [7, 11) is 0. The summed E-state index contributed by atoms with van der Waals surface area (Å²) < 4.78 is 54.2. The number of rotatable bonds is 3. The number of nitrogens with two attached hydrogens (primary N) is 1. The third kappa shape index (κ3) is 3.24. The van der Waals surface area contributed by atoms with Gasteiger partial charge in [0.2, 0.25) is 6.10 Å². The molecule has 0 amide bonds. The highest BCUT2D eigenvalue weighted by atomic mass is 35.5. The summed E-state index contributed by atoms with van der Waals surface area (Å²) in [6.45, 7) is -0.742. The molecule has 0 radical (unpaired) electrons. The molecule has 0 bridgehead atoms. The molecule has 1 unspecified atom stereocenters. The van der Waals surface area contributed by atoms with Gasteiger partial charge in [-0.1, -0.05) is 11.6 Å². The van der Waals surface area contributed by atoms with Crippen LogP contribution in [0.15, 0.2) is 18.2 Å². The minimum Gasteiger partial charge on any atom is -0.479 e. The molecular formula is C9H8ClF4NO. The molecule has 0 aliphatic heterocycles. The average molecular weight is 258 g/mol. The zero-order valence-electron chi connectivity index (χ0n) is 7.89. The van der Waals surface area contributed by atoms with Gasteiger partial charge in [-0.25, -0.2) is 4.39 Å². The zero-order valence-corrected chi connectivity index (χ0v) is 8.65. The summed E-state index contributed by atoms with van der Waals surface area (Å²) in [5, 5.41) is -0.191. The normalized spacial score (nSPS) is 13.6. The van der Waals surface area contributed by atoms with E-state index < -0.39 is 24.6 Å². The quantitative estimate of drug-likeness (QED) is 0.845. The van der Waals surface area contributed by atoms with E-state index in [-0.39, 0.29) is 10.8 Å². The number of hydrogen-bond donors (Lipinski definition) is 1. The minimum atomic E-state index is -4.59. The van der Waals surface area contributed by atoms with Crippen molar-refractivity contribution in [3.8, 4) is 5.75 Å². The maximum Gasteiger partial charge on any atom is 0.426 e. The Kier molecular flexibility index (Phi) is 3.98. The lowest BCUT2D eigenvalue weighted by Crippen LogP contribution is -2.40. The lowest BCUT2D eigenvalue weighted by atomic mass is 10.3. The molecule has 16 heavy (non-hydrogen) atoms. The van der Waals surface area contributed by atoms with Crippen molar-refractivity contribution in [2.24, 2.45) is 5.73 Å². The summed E-state index contributed by atoms with van der Waals surface area (Å²) in [6.07, 6.45) is -6.75. The van der Waals surface area contributed by atoms with Gasteiger partial charge in [-0.15, -0.1) is 0 Å². The van der Waals surface area contributed by atoms with Crippen LogP contribution in [0.1, 0.15) is 0 Å². The predicted octanol–water partition coefficient (Wildman–Crippen LogP) is 2.75. The van der Waals surface area contributed by atoms with Gasteiger partial charge in [0.1, 0.15) is 11.6 Å². The van der Waals surface area contributed by atoms with E-state index in [4.69, 9.17) is 17.3 Å². The molecule has 0 aromatic heterocycles. The van der Waals surface area contributed by atoms with Crippen molar-refractivity contribution >= 4 is 11.6 Å². The van der Waals surface area contributed by atoms with Crippen LogP contribution < -0.4 is 10.5 Å². The van der Waals surface area contributed by atoms with Crippen molar-refractivity contribution in [3.05, 3.63) is 29.0 Å². The Bertz CT molecular complexity index is 369. The molecule has 0 spiro atoms. The fraction of sp³-hybridized carbons (Fsp3) is 0.333. The standard InChI is InChI=1S/C9H8ClF4NO/c10-6-2-1-5(3-7(6)11)16-8(4-15)9(12,13)14/h1-3,8H,4,15H2. The molecule has 2 nitrogen and oxygen atoms in total. The third-order valence-electron chi connectivity index (χ3n) is 1.75. The molecule has 0 heterocycles. The van der Waals surface area contributed by atoms with E-state index in [1.807, 2.05) is 0 Å². The molecule has 1 atom stereocenters. The van der Waals surface area contributed by atoms with Gasteiger partial charge in [-0.05, 0) is 12.1 Å². The highest BCUT2D eigenvalue weighted by molar-refractivity contribution is 6.30. The Hall–Kier alpha value is -1.01. The van der Waals surface area contributed by atoms with Gasteiger partial charge >= 0.3 is 6.18 Å². The van der Waals surface area contributed by atoms with Crippen LogP contribution >= 0.6 is 11.6 Å². The number of benzene rings is 1. The van der Waals surface area contributed by atoms with Crippen LogP contribution in [0.3, 0.4) is 0 Å². The topological polar surface area (TPSA) is 35.2 Å². The van der Waals surface area contributed by atoms with E-state index in [0.29, 0.717) is 0 Å². The highest BCUT2D eigenvalue weighted by Gasteiger charge is 2.40. The number of halogens is 5. The van der Waals surface area contributed by atoms with E-state index in [9.17, 15) is 17.6 Å². The van der Waals surface area contributed by atoms with Crippen LogP contribution in [0.25, 0.3) is 0 Å². The minimum absolute atomic E-state index is 0.191. The van der Waals surface area contributed by atoms with Crippen molar-refractivity contribution in [2.45, 2.75) is 12.3 Å². The molecule has 1 rings (SSSR count). The van der Waals surface area contributed by atoms with Crippen molar-refractivity contribution in [1.82, 2.24) is 0 Å². The van der Waals surface area contributed by atoms with Crippen molar-refractivity contribution in [3.63, 3.8) is 0 Å². The van der Waals surface area contributed by atoms with Gasteiger partial charge in [-0.2, -0.15) is 13.2 Å². The van der Waals surface area contributed by atoms with Crippen molar-refractivity contribution in [1.29, 1.82) is 0 Å². The SMILES string of the molecule is NCC(Oc1ccc(Cl)c(F)c1)C(F)(F)F. The van der Waals surface area contributed by atoms with Crippen LogP contribution in [0, 0.1) is 5.82 Å². The Morgan fingerprint density at radius 3 is 2.44 bits per heavy atom. The second-order valence-corrected chi connectivity index (χ2v) is 3.37. The van der Waals surface area contributed by atoms with E-state index in [1.165, 1.54) is 0 Å². The first-order chi connectivity index (χ1) is 7.34. The summed E-state index contributed by atoms with van der Waals surface area (Å²) in [5.41, 5.74) is 4.91. The monoisotopic (exact) mass is 257 g/mol. The van der Waals surface area contributed by atoms with Gasteiger partial charge in [0.15, 0.2) is 0 Å². The summed E-state index contributed by atoms with van der Waals surface area (Å²) in [4.78, 5) is 0. The van der Waals surface area contributed by atoms with Gasteiger partial charge in [0, 0.05) is 12.6 Å². The predicted molar refractivity (Wildman–Crippen MR) is 50.9 cm³/mol. The third-order valence-corrected chi connectivity index (χ3v) is 2.06. The van der Waals surface area contributed by atoms with Crippen LogP contribution in [0.4, 0.5) is 17.6 Å². The van der Waals surface area contributed by atoms with E-state index in [1.54, 1.807) is 0 Å². The van der Waals surface area contributed by atoms with Crippen LogP contribution in [-0.4, -0.2) is 18.8 Å². The lowest BCUT2D eigenvalue weighted by molar-refractivity contribution is -0.191. The van der Waals surface area contributed by atoms with E-state index >= 15 is 0 Å². The Morgan fingerprint density at radius 2 is 2.00 bits per heavy atom. The number of ether oxygens (including phenoxy) is 1. The molecule has 2 N–H and O–H groups in total. The van der Waals surface area contributed by atoms with Crippen LogP contribution in [0.2, 0.25) is 5.02 Å². The van der Waals surface area contributed by atoms with E-state index in [0.717, 1.165) is 18.2 Å². The van der Waals surface area contributed by atoms with Gasteiger partial charge in [-0.3, -0.25) is 0 Å². The van der Waals surface area contributed by atoms with Gasteiger partial charge in [0.05, 0.1) is 5.02 Å². The average Bonchev–Trinajstić information content (AvgIpc) is 2.18. The molecule has 0 fully saturated rings. The first kappa shape index (κ1) is 13.1. The molecule has 1 aromatic rings. The zero-order chi connectivity index (χ0) is 12.3. The summed E-state index contributed by atoms with van der Waals surface area (Å²) >= 11 is 5.36. The Labute approximate surface area is 93.9 Å². The molecule has 0 saturated heterocycles. The largest absolute Gasteiger partial charge is 0.479 e. The van der Waals surface area contributed by atoms with E-state index in [2.05, 4.69) is 4.74 Å². The first-order valence-corrected chi connectivity index (χ1v) is 4.61. The second-order valence-electron chi connectivity index (χ2n) is 2.96. The maximum absolute atomic E-state index is 12.9. The van der Waals surface area contributed by atoms with Gasteiger partial charge < -0.3 is 10.5 Å². The first-order valence-electron chi connectivity index (χ1n) is 4.23. The molecule has 1 aromatic carbocycles. The van der Waals surface area contributed by atoms with Crippen molar-refractivity contribution in [2.75, 3.05) is 6.54 Å². The van der Waals surface area contributed by atoms with Crippen LogP contribution in [0.5, 0.6) is 5.75 Å².